The Balaban J connectivity index is 2.07. The molecule has 0 bridgehead atoms. The summed E-state index contributed by atoms with van der Waals surface area (Å²) in [5, 5.41) is 6.06. The molecule has 0 spiro atoms. The first-order valence-corrected chi connectivity index (χ1v) is 6.66. The summed E-state index contributed by atoms with van der Waals surface area (Å²) in [5.74, 6) is 1.12. The molecule has 3 nitrogen and oxygen atoms in total. The van der Waals surface area contributed by atoms with Gasteiger partial charge in [-0.2, -0.15) is 0 Å². The van der Waals surface area contributed by atoms with Gasteiger partial charge >= 0.3 is 0 Å². The van der Waals surface area contributed by atoms with E-state index < -0.39 is 0 Å². The summed E-state index contributed by atoms with van der Waals surface area (Å²) >= 11 is 0. The van der Waals surface area contributed by atoms with Gasteiger partial charge < -0.3 is 10.6 Å². The minimum absolute atomic E-state index is 0.0800. The lowest BCUT2D eigenvalue weighted by Crippen LogP contribution is -2.35. The summed E-state index contributed by atoms with van der Waals surface area (Å²) in [6.07, 6.45) is 8.06. The Kier molecular flexibility index (Phi) is 6.46. The van der Waals surface area contributed by atoms with Gasteiger partial charge in [0.2, 0.25) is 5.91 Å². The summed E-state index contributed by atoms with van der Waals surface area (Å²) in [6, 6.07) is 0. The quantitative estimate of drug-likeness (QED) is 0.726. The molecular formula is C13H26N2O. The molecule has 16 heavy (non-hydrogen) atoms. The van der Waals surface area contributed by atoms with Crippen LogP contribution in [0.15, 0.2) is 0 Å². The molecule has 1 unspecified atom stereocenters. The highest BCUT2D eigenvalue weighted by atomic mass is 16.1. The van der Waals surface area contributed by atoms with Crippen molar-refractivity contribution in [2.45, 2.75) is 45.4 Å². The first-order chi connectivity index (χ1) is 7.74. The summed E-state index contributed by atoms with van der Waals surface area (Å²) in [5.41, 5.74) is 0. The number of carbonyl (C=O) groups excluding carboxylic acids is 1. The number of amides is 1. The van der Waals surface area contributed by atoms with Gasteiger partial charge in [-0.15, -0.1) is 0 Å². The summed E-state index contributed by atoms with van der Waals surface area (Å²) in [7, 11) is 1.88. The van der Waals surface area contributed by atoms with Crippen molar-refractivity contribution in [1.29, 1.82) is 0 Å². The van der Waals surface area contributed by atoms with Crippen molar-refractivity contribution in [1.82, 2.24) is 10.6 Å². The van der Waals surface area contributed by atoms with Crippen molar-refractivity contribution in [2.75, 3.05) is 20.1 Å². The molecule has 1 aliphatic rings. The monoisotopic (exact) mass is 226 g/mol. The zero-order valence-corrected chi connectivity index (χ0v) is 10.7. The maximum atomic E-state index is 11.6. The maximum absolute atomic E-state index is 11.6. The second-order valence-electron chi connectivity index (χ2n) is 5.04. The van der Waals surface area contributed by atoms with E-state index in [1.807, 2.05) is 14.0 Å². The Labute approximate surface area is 99.4 Å². The predicted molar refractivity (Wildman–Crippen MR) is 67.3 cm³/mol. The maximum Gasteiger partial charge on any atom is 0.224 e. The standard InChI is InChI=1S/C13H26N2O/c1-11(10-14-2)13(16)15-9-8-12-6-4-3-5-7-12/h11-12,14H,3-10H2,1-2H3,(H,15,16). The number of rotatable bonds is 6. The van der Waals surface area contributed by atoms with E-state index in [-0.39, 0.29) is 11.8 Å². The molecule has 1 fully saturated rings. The van der Waals surface area contributed by atoms with E-state index in [1.54, 1.807) is 0 Å². The number of nitrogens with one attached hydrogen (secondary N) is 2. The van der Waals surface area contributed by atoms with Gasteiger partial charge in [-0.25, -0.2) is 0 Å². The van der Waals surface area contributed by atoms with Crippen molar-refractivity contribution >= 4 is 5.91 Å². The van der Waals surface area contributed by atoms with Gasteiger partial charge in [0.1, 0.15) is 0 Å². The molecule has 3 heteroatoms. The lowest BCUT2D eigenvalue weighted by atomic mass is 9.87. The van der Waals surface area contributed by atoms with Crippen molar-refractivity contribution in [3.8, 4) is 0 Å². The summed E-state index contributed by atoms with van der Waals surface area (Å²) in [4.78, 5) is 11.6. The first-order valence-electron chi connectivity index (χ1n) is 6.66. The van der Waals surface area contributed by atoms with Gasteiger partial charge in [0.25, 0.3) is 0 Å². The molecule has 94 valence electrons. The Bertz CT molecular complexity index is 200. The Hall–Kier alpha value is -0.570. The van der Waals surface area contributed by atoms with Gasteiger partial charge in [-0.1, -0.05) is 39.0 Å². The number of carbonyl (C=O) groups is 1. The fourth-order valence-corrected chi connectivity index (χ4v) is 2.45. The molecule has 0 aromatic rings. The molecule has 0 aromatic heterocycles. The predicted octanol–water partition coefficient (Wildman–Crippen LogP) is 1.93. The van der Waals surface area contributed by atoms with Crippen LogP contribution in [0.4, 0.5) is 0 Å². The van der Waals surface area contributed by atoms with Crippen LogP contribution >= 0.6 is 0 Å². The molecule has 2 N–H and O–H groups in total. The van der Waals surface area contributed by atoms with Gasteiger partial charge in [-0.05, 0) is 19.4 Å². The number of hydrogen-bond acceptors (Lipinski definition) is 2. The van der Waals surface area contributed by atoms with E-state index in [0.717, 1.165) is 25.4 Å². The molecule has 0 aliphatic heterocycles. The largest absolute Gasteiger partial charge is 0.356 e. The average molecular weight is 226 g/mol. The molecular weight excluding hydrogens is 200 g/mol. The van der Waals surface area contributed by atoms with Gasteiger partial charge in [-0.3, -0.25) is 4.79 Å². The molecule has 1 saturated carbocycles. The Morgan fingerprint density at radius 3 is 2.62 bits per heavy atom. The third kappa shape index (κ3) is 4.97. The molecule has 1 rings (SSSR count). The van der Waals surface area contributed by atoms with Crippen LogP contribution in [-0.4, -0.2) is 26.0 Å². The van der Waals surface area contributed by atoms with Crippen LogP contribution in [0.3, 0.4) is 0 Å². The Morgan fingerprint density at radius 1 is 1.31 bits per heavy atom. The Morgan fingerprint density at radius 2 is 2.00 bits per heavy atom. The smallest absolute Gasteiger partial charge is 0.224 e. The normalized spacial score (nSPS) is 19.4. The highest BCUT2D eigenvalue weighted by Gasteiger charge is 2.15. The zero-order chi connectivity index (χ0) is 11.8. The highest BCUT2D eigenvalue weighted by Crippen LogP contribution is 2.25. The topological polar surface area (TPSA) is 41.1 Å². The minimum Gasteiger partial charge on any atom is -0.356 e. The van der Waals surface area contributed by atoms with E-state index in [0.29, 0.717) is 0 Å². The van der Waals surface area contributed by atoms with Crippen LogP contribution in [0.5, 0.6) is 0 Å². The third-order valence-electron chi connectivity index (χ3n) is 3.53. The van der Waals surface area contributed by atoms with Crippen molar-refractivity contribution < 1.29 is 4.79 Å². The molecule has 0 heterocycles. The van der Waals surface area contributed by atoms with Crippen LogP contribution in [0.1, 0.15) is 45.4 Å². The van der Waals surface area contributed by atoms with Crippen LogP contribution in [-0.2, 0) is 4.79 Å². The van der Waals surface area contributed by atoms with Gasteiger partial charge in [0.05, 0.1) is 0 Å². The van der Waals surface area contributed by atoms with Crippen LogP contribution in [0, 0.1) is 11.8 Å². The molecule has 0 saturated heterocycles. The average Bonchev–Trinajstić information content (AvgIpc) is 2.30. The summed E-state index contributed by atoms with van der Waals surface area (Å²) in [6.45, 7) is 3.58. The molecule has 1 amide bonds. The third-order valence-corrected chi connectivity index (χ3v) is 3.53. The fourth-order valence-electron chi connectivity index (χ4n) is 2.45. The minimum atomic E-state index is 0.0800. The van der Waals surface area contributed by atoms with E-state index in [2.05, 4.69) is 10.6 Å². The molecule has 0 radical (unpaired) electrons. The van der Waals surface area contributed by atoms with Gasteiger partial charge in [0.15, 0.2) is 0 Å². The van der Waals surface area contributed by atoms with Crippen LogP contribution in [0.2, 0.25) is 0 Å². The second kappa shape index (κ2) is 7.66. The lowest BCUT2D eigenvalue weighted by Gasteiger charge is -2.21. The van der Waals surface area contributed by atoms with Crippen molar-refractivity contribution in [3.05, 3.63) is 0 Å². The lowest BCUT2D eigenvalue weighted by molar-refractivity contribution is -0.124. The SMILES string of the molecule is CNCC(C)C(=O)NCCC1CCCCC1. The second-order valence-corrected chi connectivity index (χ2v) is 5.04. The van der Waals surface area contributed by atoms with Crippen LogP contribution < -0.4 is 10.6 Å². The van der Waals surface area contributed by atoms with Crippen LogP contribution in [0.25, 0.3) is 0 Å². The summed E-state index contributed by atoms with van der Waals surface area (Å²) < 4.78 is 0. The van der Waals surface area contributed by atoms with E-state index in [9.17, 15) is 4.79 Å². The van der Waals surface area contributed by atoms with Crippen molar-refractivity contribution in [2.24, 2.45) is 11.8 Å². The van der Waals surface area contributed by atoms with E-state index in [1.165, 1.54) is 32.1 Å². The zero-order valence-electron chi connectivity index (χ0n) is 10.7. The first kappa shape index (κ1) is 13.5. The van der Waals surface area contributed by atoms with E-state index >= 15 is 0 Å². The molecule has 1 aliphatic carbocycles. The van der Waals surface area contributed by atoms with E-state index in [4.69, 9.17) is 0 Å². The van der Waals surface area contributed by atoms with Crippen molar-refractivity contribution in [3.63, 3.8) is 0 Å². The highest BCUT2D eigenvalue weighted by molar-refractivity contribution is 5.78. The fraction of sp³-hybridized carbons (Fsp3) is 0.923. The molecule has 1 atom stereocenters. The number of hydrogen-bond donors (Lipinski definition) is 2. The van der Waals surface area contributed by atoms with Gasteiger partial charge in [0, 0.05) is 19.0 Å². The molecule has 0 aromatic carbocycles.